The summed E-state index contributed by atoms with van der Waals surface area (Å²) in [5, 5.41) is 77.0. The highest BCUT2D eigenvalue weighted by molar-refractivity contribution is 6.01. The van der Waals surface area contributed by atoms with Crippen LogP contribution in [0.15, 0.2) is 121 Å². The summed E-state index contributed by atoms with van der Waals surface area (Å²) in [4.78, 5) is 177. The van der Waals surface area contributed by atoms with Crippen LogP contribution in [0.2, 0.25) is 0 Å². The first-order valence-corrected chi connectivity index (χ1v) is 36.9. The van der Waals surface area contributed by atoms with E-state index < -0.39 is 187 Å². The van der Waals surface area contributed by atoms with Crippen LogP contribution in [-0.4, -0.2) is 229 Å². The normalized spacial score (nSPS) is 26.2. The van der Waals surface area contributed by atoms with Gasteiger partial charge in [0.05, 0.1) is 31.9 Å². The van der Waals surface area contributed by atoms with Crippen molar-refractivity contribution in [1.82, 2.24) is 73.1 Å². The number of aliphatic hydroxyl groups excluding tert-OH is 3. The van der Waals surface area contributed by atoms with E-state index in [4.69, 9.17) is 20.9 Å². The number of carbonyl (C=O) groups excluding carboxylic acids is 12. The first kappa shape index (κ1) is 84.8. The molecule has 594 valence electrons. The monoisotopic (exact) mass is 1530 g/mol. The Balaban J connectivity index is 1.20. The highest BCUT2D eigenvalue weighted by Gasteiger charge is 2.46. The van der Waals surface area contributed by atoms with Crippen molar-refractivity contribution in [2.24, 2.45) is 23.3 Å². The fraction of sp³-hybridized carbons (Fsp3) is 0.500. The summed E-state index contributed by atoms with van der Waals surface area (Å²) in [6.45, 7) is 7.00. The van der Waals surface area contributed by atoms with E-state index >= 15 is 33.6 Å². The molecular formula is C76H102N16O18. The number of primary amides is 1. The van der Waals surface area contributed by atoms with Gasteiger partial charge < -0.3 is 99.4 Å². The second-order valence-electron chi connectivity index (χ2n) is 28.6. The van der Waals surface area contributed by atoms with Gasteiger partial charge in [0.25, 0.3) is 0 Å². The molecule has 1 aromatic heterocycles. The molecule has 12 amide bonds. The van der Waals surface area contributed by atoms with Crippen LogP contribution in [0.3, 0.4) is 0 Å². The number of fused-ring (bicyclic) bond motifs is 1. The van der Waals surface area contributed by atoms with Crippen molar-refractivity contribution < 1.29 is 87.4 Å². The van der Waals surface area contributed by atoms with Crippen molar-refractivity contribution in [3.8, 4) is 5.75 Å². The number of hydrogen-bond acceptors (Lipinski definition) is 21. The number of ether oxygens (including phenoxy) is 2. The number of nitrogens with zero attached hydrogens (tertiary/aromatic N) is 4. The maximum absolute atomic E-state index is 15.3. The molecule has 0 radical (unpaired) electrons. The van der Waals surface area contributed by atoms with Crippen molar-refractivity contribution in [3.63, 3.8) is 0 Å². The van der Waals surface area contributed by atoms with E-state index in [-0.39, 0.29) is 95.0 Å². The highest BCUT2D eigenvalue weighted by Crippen LogP contribution is 2.25. The zero-order chi connectivity index (χ0) is 79.7. The number of amides is 12. The van der Waals surface area contributed by atoms with E-state index in [9.17, 15) is 44.4 Å². The van der Waals surface area contributed by atoms with E-state index in [0.717, 1.165) is 0 Å². The standard InChI is InChI=1S/C76H102N16O18/c1-42(2)33-52-67(100)87-58(37-47-21-13-8-14-22-47)75(108)92-30-16-24-59(92)73(106)86-54(35-46-19-11-7-12-20-46)69(102)82-53(34-45-17-9-6-10-18-45)68(101)85-57(39-61(78)96)71(104)84-56(38-49-40-91(90-89-49)31-32-109-76-63(79-44(5)94)65(98)64(97)60(41-93)110-76)70(103)83-55(36-48-25-27-50(95)28-26-48)72(105)88-62(43(3)4)74(107)80-51(23-15-29-77)66(99)81-52/h6-14,17-22,25-28,40,42-43,51-60,62-65,76,93,95,97-98H,15-16,23-24,29-39,41,77H2,1-5H3,(H2,78,96)(H,79,94)(H,80,107)(H,81,99)(H,82,102)(H,83,103)(H,84,104)(H,85,101)(H,86,106)(H,87,100)(H,88,105)/t51-,52-,53+,54-,55-,56-,57-,58+,59-,60+,62-,63+,64+,65+,76+/m0/s1. The summed E-state index contributed by atoms with van der Waals surface area (Å²) in [7, 11) is 0. The quantitative estimate of drug-likeness (QED) is 0.0295. The van der Waals surface area contributed by atoms with Crippen LogP contribution in [0, 0.1) is 11.8 Å². The summed E-state index contributed by atoms with van der Waals surface area (Å²) < 4.78 is 12.8. The fourth-order valence-corrected chi connectivity index (χ4v) is 13.2. The number of benzene rings is 4. The van der Waals surface area contributed by atoms with Crippen molar-refractivity contribution >= 4 is 70.9 Å². The summed E-state index contributed by atoms with van der Waals surface area (Å²) >= 11 is 0. The van der Waals surface area contributed by atoms with Gasteiger partial charge in [0.2, 0.25) is 70.9 Å². The molecule has 18 N–H and O–H groups in total. The van der Waals surface area contributed by atoms with Crippen molar-refractivity contribution in [2.75, 3.05) is 26.3 Å². The Hall–Kier alpha value is -10.8. The van der Waals surface area contributed by atoms with Gasteiger partial charge in [0.1, 0.15) is 90.5 Å². The Morgan fingerprint density at radius 3 is 1.57 bits per heavy atom. The largest absolute Gasteiger partial charge is 0.508 e. The Bertz CT molecular complexity index is 3950. The maximum atomic E-state index is 15.3. The smallest absolute Gasteiger partial charge is 0.246 e. The van der Waals surface area contributed by atoms with Gasteiger partial charge in [-0.1, -0.05) is 136 Å². The van der Waals surface area contributed by atoms with Gasteiger partial charge >= 0.3 is 0 Å². The third-order valence-electron chi connectivity index (χ3n) is 19.0. The maximum Gasteiger partial charge on any atom is 0.246 e. The Kier molecular flexibility index (Phi) is 31.7. The van der Waals surface area contributed by atoms with E-state index in [1.54, 1.807) is 105 Å². The first-order valence-electron chi connectivity index (χ1n) is 36.9. The van der Waals surface area contributed by atoms with Crippen LogP contribution in [0.1, 0.15) is 101 Å². The van der Waals surface area contributed by atoms with Crippen LogP contribution in [0.25, 0.3) is 0 Å². The second-order valence-corrected chi connectivity index (χ2v) is 28.6. The van der Waals surface area contributed by atoms with E-state index in [0.29, 0.717) is 28.7 Å². The summed E-state index contributed by atoms with van der Waals surface area (Å²) in [6.07, 6.45) is -6.24. The minimum atomic E-state index is -1.92. The predicted octanol–water partition coefficient (Wildman–Crippen LogP) is -2.86. The minimum absolute atomic E-state index is 0.00947. The van der Waals surface area contributed by atoms with Gasteiger partial charge in [-0.25, -0.2) is 4.68 Å². The number of nitrogens with one attached hydrogen (secondary N) is 10. The summed E-state index contributed by atoms with van der Waals surface area (Å²) in [5.74, 6) is -11.9. The van der Waals surface area contributed by atoms with Gasteiger partial charge in [0, 0.05) is 51.8 Å². The van der Waals surface area contributed by atoms with E-state index in [1.165, 1.54) is 47.0 Å². The fourth-order valence-electron chi connectivity index (χ4n) is 13.2. The summed E-state index contributed by atoms with van der Waals surface area (Å²) in [6, 6.07) is 14.9. The third-order valence-corrected chi connectivity index (χ3v) is 19.0. The van der Waals surface area contributed by atoms with E-state index in [1.807, 2.05) is 13.8 Å². The van der Waals surface area contributed by atoms with Gasteiger partial charge in [-0.15, -0.1) is 5.10 Å². The molecule has 34 heteroatoms. The average Bonchev–Trinajstić information content (AvgIpc) is 1.10. The lowest BCUT2D eigenvalue weighted by atomic mass is 9.97. The summed E-state index contributed by atoms with van der Waals surface area (Å²) in [5.41, 5.74) is 13.8. The molecule has 4 heterocycles. The zero-order valence-corrected chi connectivity index (χ0v) is 62.1. The number of phenolic OH excluding ortho intramolecular Hbond substituents is 1. The molecule has 3 saturated heterocycles. The molecule has 4 aromatic carbocycles. The van der Waals surface area contributed by atoms with E-state index in [2.05, 4.69) is 63.5 Å². The van der Waals surface area contributed by atoms with Crippen LogP contribution in [-0.2, 0) is 106 Å². The minimum Gasteiger partial charge on any atom is -0.508 e. The van der Waals surface area contributed by atoms with Gasteiger partial charge in [-0.05, 0) is 84.9 Å². The SMILES string of the molecule is CC(=O)N[C@H]1[C@H](OCCn2cc(C[C@@H]3NC(=O)[C@H](CC(N)=O)NC(=O)[C@@H](Cc4ccccc4)NC(=O)[C@H](Cc4ccccc4)NC(=O)[C@@H]4CCCN4C(=O)[C@@H](Cc4ccccc4)NC(=O)[C@H](CC(C)C)NC(=O)[C@H](CCCN)NC(=O)[C@H](C(C)C)NC(=O)[C@H](Cc4ccc(O)cc4)NC3=O)nn2)O[C@H](CO)[C@@H](O)[C@@H]1O. The molecule has 0 bridgehead atoms. The van der Waals surface area contributed by atoms with Crippen LogP contribution >= 0.6 is 0 Å². The molecule has 5 aromatic rings. The molecule has 0 spiro atoms. The van der Waals surface area contributed by atoms with Gasteiger partial charge in [-0.3, -0.25) is 57.5 Å². The molecule has 3 aliphatic rings. The number of aromatic hydroxyl groups is 1. The second kappa shape index (κ2) is 41.1. The first-order chi connectivity index (χ1) is 52.6. The zero-order valence-electron chi connectivity index (χ0n) is 62.1. The van der Waals surface area contributed by atoms with Crippen LogP contribution in [0.5, 0.6) is 5.75 Å². The topological polar surface area (TPSA) is 511 Å². The Morgan fingerprint density at radius 2 is 1.05 bits per heavy atom. The molecular weight excluding hydrogens is 1420 g/mol. The molecule has 3 aliphatic heterocycles. The Labute approximate surface area is 636 Å². The molecule has 0 saturated carbocycles. The highest BCUT2D eigenvalue weighted by atomic mass is 16.7. The predicted molar refractivity (Wildman–Crippen MR) is 396 cm³/mol. The molecule has 3 fully saturated rings. The Morgan fingerprint density at radius 1 is 0.591 bits per heavy atom. The molecule has 0 aliphatic carbocycles. The molecule has 8 rings (SSSR count). The lowest BCUT2D eigenvalue weighted by molar-refractivity contribution is -0.270. The van der Waals surface area contributed by atoms with Crippen molar-refractivity contribution in [1.29, 1.82) is 0 Å². The number of hydrogen-bond donors (Lipinski definition) is 16. The van der Waals surface area contributed by atoms with Crippen LogP contribution in [0.4, 0.5) is 0 Å². The molecule has 15 atom stereocenters. The number of aliphatic hydroxyl groups is 3. The van der Waals surface area contributed by atoms with Gasteiger partial charge in [0.15, 0.2) is 6.29 Å². The average molecular weight is 1530 g/mol. The number of carbonyl (C=O) groups is 12. The molecule has 0 unspecified atom stereocenters. The lowest BCUT2D eigenvalue weighted by Crippen LogP contribution is -2.64. The molecule has 34 nitrogen and oxygen atoms in total. The number of phenols is 1. The van der Waals surface area contributed by atoms with Crippen molar-refractivity contribution in [2.45, 2.75) is 203 Å². The van der Waals surface area contributed by atoms with Crippen molar-refractivity contribution in [3.05, 3.63) is 149 Å². The number of aromatic nitrogens is 3. The lowest BCUT2D eigenvalue weighted by Gasteiger charge is -2.42. The number of nitrogens with two attached hydrogens (primary N) is 2. The van der Waals surface area contributed by atoms with Crippen LogP contribution < -0.4 is 64.6 Å². The molecule has 110 heavy (non-hydrogen) atoms. The van der Waals surface area contributed by atoms with Gasteiger partial charge in [-0.2, -0.15) is 0 Å². The third kappa shape index (κ3) is 24.9. The number of rotatable bonds is 24.